The lowest BCUT2D eigenvalue weighted by molar-refractivity contribution is -0.385. The summed E-state index contributed by atoms with van der Waals surface area (Å²) in [6.07, 6.45) is 1.49. The van der Waals surface area contributed by atoms with E-state index in [9.17, 15) is 29.9 Å². The molecule has 0 saturated carbocycles. The van der Waals surface area contributed by atoms with Gasteiger partial charge in [0, 0.05) is 30.1 Å². The van der Waals surface area contributed by atoms with Gasteiger partial charge >= 0.3 is 11.9 Å². The number of allylic oxidation sites excluding steroid dienone is 1. The number of nitrogens with zero attached hydrogens (tertiary/aromatic N) is 1. The number of benzene rings is 1. The maximum absolute atomic E-state index is 12.7. The van der Waals surface area contributed by atoms with Crippen LogP contribution in [0.1, 0.15) is 39.2 Å². The van der Waals surface area contributed by atoms with E-state index in [0.717, 1.165) is 0 Å². The van der Waals surface area contributed by atoms with E-state index >= 15 is 0 Å². The topological polar surface area (TPSA) is 130 Å². The molecule has 1 aromatic carbocycles. The maximum Gasteiger partial charge on any atom is 0.312 e. The molecule has 1 heterocycles. The zero-order valence-electron chi connectivity index (χ0n) is 16.4. The first-order valence-electron chi connectivity index (χ1n) is 9.05. The molecule has 1 aromatic rings. The lowest BCUT2D eigenvalue weighted by Crippen LogP contribution is -2.70. The number of hydrogen-bond donors (Lipinski definition) is 3. The summed E-state index contributed by atoms with van der Waals surface area (Å²) in [5.74, 6) is -3.98. The first-order chi connectivity index (χ1) is 12.9. The molecule has 0 aromatic heterocycles. The van der Waals surface area contributed by atoms with Crippen LogP contribution in [0, 0.1) is 26.9 Å². The minimum atomic E-state index is -1.57. The van der Waals surface area contributed by atoms with Gasteiger partial charge in [0.1, 0.15) is 0 Å². The van der Waals surface area contributed by atoms with Gasteiger partial charge in [-0.05, 0) is 32.3 Å². The number of nitrogens with one attached hydrogen (secondary N) is 1. The lowest BCUT2D eigenvalue weighted by atomic mass is 9.49. The first kappa shape index (κ1) is 21.6. The van der Waals surface area contributed by atoms with E-state index in [0.29, 0.717) is 5.56 Å². The molecule has 8 nitrogen and oxygen atoms in total. The fourth-order valence-corrected chi connectivity index (χ4v) is 4.79. The van der Waals surface area contributed by atoms with Crippen LogP contribution in [0.5, 0.6) is 0 Å². The van der Waals surface area contributed by atoms with Crippen molar-refractivity contribution in [1.82, 2.24) is 5.32 Å². The molecular formula is C20H26N2O6. The quantitative estimate of drug-likeness (QED) is 0.387. The number of non-ortho nitro benzene ring substituents is 1. The van der Waals surface area contributed by atoms with Crippen LogP contribution in [-0.2, 0) is 9.59 Å². The molecule has 152 valence electrons. The molecule has 0 aliphatic carbocycles. The normalized spacial score (nSPS) is 33.6. The molecular weight excluding hydrogens is 364 g/mol. The van der Waals surface area contributed by atoms with Crippen molar-refractivity contribution in [2.24, 2.45) is 16.7 Å². The number of nitro groups is 1. The maximum atomic E-state index is 12.7. The highest BCUT2D eigenvalue weighted by Gasteiger charge is 2.66. The van der Waals surface area contributed by atoms with Gasteiger partial charge in [-0.2, -0.15) is 0 Å². The molecule has 0 bridgehead atoms. The predicted molar refractivity (Wildman–Crippen MR) is 103 cm³/mol. The zero-order valence-corrected chi connectivity index (χ0v) is 16.4. The monoisotopic (exact) mass is 390 g/mol. The molecule has 8 heteroatoms. The van der Waals surface area contributed by atoms with Crippen molar-refractivity contribution in [2.45, 2.75) is 45.7 Å². The van der Waals surface area contributed by atoms with Crippen molar-refractivity contribution in [2.75, 3.05) is 0 Å². The van der Waals surface area contributed by atoms with E-state index in [2.05, 4.69) is 11.9 Å². The van der Waals surface area contributed by atoms with E-state index in [-0.39, 0.29) is 5.69 Å². The van der Waals surface area contributed by atoms with Crippen molar-refractivity contribution in [3.63, 3.8) is 0 Å². The number of rotatable bonds is 6. The highest BCUT2D eigenvalue weighted by atomic mass is 16.6. The summed E-state index contributed by atoms with van der Waals surface area (Å²) in [4.78, 5) is 35.8. The Morgan fingerprint density at radius 3 is 2.36 bits per heavy atom. The van der Waals surface area contributed by atoms with E-state index in [1.807, 2.05) is 0 Å². The molecule has 6 atom stereocenters. The minimum Gasteiger partial charge on any atom is -0.481 e. The Balaban J connectivity index is 2.94. The summed E-state index contributed by atoms with van der Waals surface area (Å²) in [7, 11) is 0. The molecule has 3 N–H and O–H groups in total. The fraction of sp³-hybridized carbons (Fsp3) is 0.500. The molecule has 0 spiro atoms. The lowest BCUT2D eigenvalue weighted by Gasteiger charge is -2.57. The third-order valence-electron chi connectivity index (χ3n) is 6.55. The molecule has 1 saturated heterocycles. The second-order valence-corrected chi connectivity index (χ2v) is 7.75. The Labute approximate surface area is 163 Å². The van der Waals surface area contributed by atoms with Gasteiger partial charge in [-0.3, -0.25) is 19.7 Å². The summed E-state index contributed by atoms with van der Waals surface area (Å²) in [6, 6.07) is 4.42. The van der Waals surface area contributed by atoms with Crippen molar-refractivity contribution < 1.29 is 24.7 Å². The number of hydrogen-bond acceptors (Lipinski definition) is 5. The van der Waals surface area contributed by atoms with Gasteiger partial charge in [0.15, 0.2) is 0 Å². The summed E-state index contributed by atoms with van der Waals surface area (Å²) >= 11 is 0. The van der Waals surface area contributed by atoms with E-state index in [4.69, 9.17) is 0 Å². The van der Waals surface area contributed by atoms with E-state index in [1.54, 1.807) is 26.8 Å². The number of carboxylic acid groups (broad SMARTS) is 2. The van der Waals surface area contributed by atoms with Crippen LogP contribution in [0.3, 0.4) is 0 Å². The number of carboxylic acids is 2. The first-order valence-corrected chi connectivity index (χ1v) is 9.05. The molecule has 0 radical (unpaired) electrons. The summed E-state index contributed by atoms with van der Waals surface area (Å²) < 4.78 is 0. The Morgan fingerprint density at radius 1 is 1.29 bits per heavy atom. The van der Waals surface area contributed by atoms with Crippen LogP contribution in [0.4, 0.5) is 5.69 Å². The Morgan fingerprint density at radius 2 is 1.89 bits per heavy atom. The van der Waals surface area contributed by atoms with Crippen LogP contribution < -0.4 is 5.32 Å². The third kappa shape index (κ3) is 2.88. The van der Waals surface area contributed by atoms with Crippen molar-refractivity contribution >= 4 is 17.6 Å². The molecule has 6 unspecified atom stereocenters. The van der Waals surface area contributed by atoms with Crippen molar-refractivity contribution in [3.8, 4) is 0 Å². The molecule has 1 aliphatic heterocycles. The average Bonchev–Trinajstić information content (AvgIpc) is 2.63. The largest absolute Gasteiger partial charge is 0.481 e. The third-order valence-corrected chi connectivity index (χ3v) is 6.55. The highest BCUT2D eigenvalue weighted by molar-refractivity contribution is 5.84. The van der Waals surface area contributed by atoms with Gasteiger partial charge in [-0.1, -0.05) is 25.1 Å². The number of aliphatic carboxylic acids is 2. The van der Waals surface area contributed by atoms with Crippen molar-refractivity contribution in [3.05, 3.63) is 52.6 Å². The second kappa shape index (κ2) is 7.35. The second-order valence-electron chi connectivity index (χ2n) is 7.75. The zero-order chi connectivity index (χ0) is 21.4. The van der Waals surface area contributed by atoms with Crippen molar-refractivity contribution in [1.29, 1.82) is 0 Å². The Hall–Kier alpha value is -2.74. The fourth-order valence-electron chi connectivity index (χ4n) is 4.79. The molecule has 1 fully saturated rings. The molecule has 0 amide bonds. The van der Waals surface area contributed by atoms with Crippen LogP contribution in [0.15, 0.2) is 36.9 Å². The Bertz CT molecular complexity index is 825. The summed E-state index contributed by atoms with van der Waals surface area (Å²) in [5.41, 5.74) is -3.00. The molecule has 1 aliphatic rings. The number of nitro benzene ring substituents is 1. The van der Waals surface area contributed by atoms with Gasteiger partial charge in [-0.15, -0.1) is 6.58 Å². The Kier molecular flexibility index (Phi) is 5.66. The van der Waals surface area contributed by atoms with Gasteiger partial charge in [0.25, 0.3) is 5.69 Å². The van der Waals surface area contributed by atoms with Gasteiger partial charge in [0.2, 0.25) is 0 Å². The SMILES string of the molecule is C=CC(C)C1(C(=O)O)C(C)NC(C)C(C)(C(=O)O)C1c1cccc([N+](=O)[O-])c1. The number of piperidine rings is 1. The van der Waals surface area contributed by atoms with Gasteiger partial charge in [-0.25, -0.2) is 0 Å². The van der Waals surface area contributed by atoms with Gasteiger partial charge < -0.3 is 15.5 Å². The van der Waals surface area contributed by atoms with Crippen LogP contribution >= 0.6 is 0 Å². The number of carbonyl (C=O) groups is 2. The van der Waals surface area contributed by atoms with Crippen LogP contribution in [0.2, 0.25) is 0 Å². The van der Waals surface area contributed by atoms with E-state index in [1.165, 1.54) is 31.2 Å². The van der Waals surface area contributed by atoms with E-state index < -0.39 is 51.6 Å². The summed E-state index contributed by atoms with van der Waals surface area (Å²) in [6.45, 7) is 10.3. The van der Waals surface area contributed by atoms with Gasteiger partial charge in [0.05, 0.1) is 15.8 Å². The predicted octanol–water partition coefficient (Wildman–Crippen LogP) is 3.04. The van der Waals surface area contributed by atoms with Crippen LogP contribution in [-0.4, -0.2) is 39.2 Å². The smallest absolute Gasteiger partial charge is 0.312 e. The minimum absolute atomic E-state index is 0.213. The van der Waals surface area contributed by atoms with Crippen LogP contribution in [0.25, 0.3) is 0 Å². The standard InChI is InChI=1S/C20H26N2O6/c1-6-11(2)20(18(25)26)13(4)21-12(3)19(5,17(23)24)16(20)14-8-7-9-15(10-14)22(27)28/h6-13,16,21H,1H2,2-5H3,(H,23,24)(H,25,26). The molecule has 28 heavy (non-hydrogen) atoms. The summed E-state index contributed by atoms with van der Waals surface area (Å²) in [5, 5.41) is 34.9. The average molecular weight is 390 g/mol. The molecule has 2 rings (SSSR count). The highest BCUT2D eigenvalue weighted by Crippen LogP contribution is 2.58.